The summed E-state index contributed by atoms with van der Waals surface area (Å²) in [5, 5.41) is 0. The molecule has 1 aliphatic heterocycles. The van der Waals surface area contributed by atoms with Crippen molar-refractivity contribution in [1.29, 1.82) is 0 Å². The second kappa shape index (κ2) is 9.49. The van der Waals surface area contributed by atoms with E-state index in [1.54, 1.807) is 14.2 Å². The van der Waals surface area contributed by atoms with Gasteiger partial charge in [0.2, 0.25) is 11.8 Å². The van der Waals surface area contributed by atoms with Gasteiger partial charge in [-0.05, 0) is 38.0 Å². The van der Waals surface area contributed by atoms with E-state index in [1.165, 1.54) is 23.1 Å². The number of hydrogen-bond donors (Lipinski definition) is 1. The zero-order valence-electron chi connectivity index (χ0n) is 16.8. The fourth-order valence-electron chi connectivity index (χ4n) is 3.48. The van der Waals surface area contributed by atoms with Gasteiger partial charge in [-0.25, -0.2) is 4.98 Å². The van der Waals surface area contributed by atoms with Crippen LogP contribution in [0.25, 0.3) is 0 Å². The number of nitrogens with two attached hydrogens (primary N) is 1. The lowest BCUT2D eigenvalue weighted by Crippen LogP contribution is -2.32. The Labute approximate surface area is 178 Å². The van der Waals surface area contributed by atoms with Gasteiger partial charge in [-0.15, -0.1) is 11.3 Å². The number of rotatable bonds is 8. The Kier molecular flexibility index (Phi) is 7.02. The molecule has 0 saturated carbocycles. The molecular weight excluding hydrogens is 410 g/mol. The van der Waals surface area contributed by atoms with Crippen LogP contribution in [-0.2, 0) is 16.0 Å². The normalized spacial score (nSPS) is 16.1. The van der Waals surface area contributed by atoms with Gasteiger partial charge in [-0.3, -0.25) is 9.59 Å². The van der Waals surface area contributed by atoms with E-state index < -0.39 is 0 Å². The minimum atomic E-state index is -0.378. The first kappa shape index (κ1) is 21.4. The summed E-state index contributed by atoms with van der Waals surface area (Å²) < 4.78 is 11.6. The average molecular weight is 436 g/mol. The van der Waals surface area contributed by atoms with Crippen LogP contribution in [0.5, 0.6) is 11.5 Å². The van der Waals surface area contributed by atoms with E-state index in [1.807, 2.05) is 30.0 Å². The standard InChI is InChI=1S/C20H25N3O4S2/c1-12-17(10-18(21)24)29-20(22-12)28-11-19(25)23-8-4-5-15(23)14-9-13(26-2)6-7-16(14)27-3/h6-7,9,15H,4-5,8,10-11H2,1-3H3,(H2,21,24)/t15-/m1/s1. The molecule has 2 aromatic rings. The lowest BCUT2D eigenvalue weighted by atomic mass is 10.0. The van der Waals surface area contributed by atoms with Gasteiger partial charge in [0.1, 0.15) is 11.5 Å². The predicted octanol–water partition coefficient (Wildman–Crippen LogP) is 2.95. The van der Waals surface area contributed by atoms with Gasteiger partial charge in [-0.1, -0.05) is 11.8 Å². The number of primary amides is 1. The molecule has 2 amide bonds. The number of amides is 2. The number of ether oxygens (including phenoxy) is 2. The number of likely N-dealkylation sites (tertiary alicyclic amines) is 1. The van der Waals surface area contributed by atoms with Crippen LogP contribution >= 0.6 is 23.1 Å². The summed E-state index contributed by atoms with van der Waals surface area (Å²) in [6, 6.07) is 5.65. The van der Waals surface area contributed by atoms with Crippen LogP contribution in [0.3, 0.4) is 0 Å². The van der Waals surface area contributed by atoms with E-state index in [9.17, 15) is 9.59 Å². The second-order valence-corrected chi connectivity index (χ2v) is 9.08. The van der Waals surface area contributed by atoms with E-state index in [0.29, 0.717) is 12.3 Å². The highest BCUT2D eigenvalue weighted by Crippen LogP contribution is 2.39. The molecule has 0 bridgehead atoms. The Morgan fingerprint density at radius 2 is 2.14 bits per heavy atom. The molecule has 9 heteroatoms. The van der Waals surface area contributed by atoms with Gasteiger partial charge < -0.3 is 20.1 Å². The number of carbonyl (C=O) groups is 2. The molecular formula is C20H25N3O4S2. The van der Waals surface area contributed by atoms with Crippen LogP contribution in [0.2, 0.25) is 0 Å². The molecule has 0 spiro atoms. The van der Waals surface area contributed by atoms with Crippen LogP contribution in [0.15, 0.2) is 22.5 Å². The van der Waals surface area contributed by atoms with Gasteiger partial charge in [-0.2, -0.15) is 0 Å². The Bertz CT molecular complexity index is 900. The molecule has 2 N–H and O–H groups in total. The zero-order chi connectivity index (χ0) is 21.0. The van der Waals surface area contributed by atoms with Crippen molar-refractivity contribution < 1.29 is 19.1 Å². The Hall–Kier alpha value is -2.26. The van der Waals surface area contributed by atoms with Gasteiger partial charge in [0, 0.05) is 17.0 Å². The van der Waals surface area contributed by atoms with Crippen molar-refractivity contribution in [3.8, 4) is 11.5 Å². The zero-order valence-corrected chi connectivity index (χ0v) is 18.4. The summed E-state index contributed by atoms with van der Waals surface area (Å²) in [5.41, 5.74) is 7.04. The first-order chi connectivity index (χ1) is 13.9. The molecule has 1 fully saturated rings. The molecule has 29 heavy (non-hydrogen) atoms. The Balaban J connectivity index is 1.70. The minimum Gasteiger partial charge on any atom is -0.497 e. The molecule has 1 saturated heterocycles. The molecule has 1 aliphatic rings. The predicted molar refractivity (Wildman–Crippen MR) is 114 cm³/mol. The maximum absolute atomic E-state index is 13.0. The van der Waals surface area contributed by atoms with E-state index in [0.717, 1.165) is 44.8 Å². The van der Waals surface area contributed by atoms with Gasteiger partial charge in [0.05, 0.1) is 38.1 Å². The quantitative estimate of drug-likeness (QED) is 0.641. The summed E-state index contributed by atoms with van der Waals surface area (Å²) in [7, 11) is 3.26. The maximum atomic E-state index is 13.0. The topological polar surface area (TPSA) is 94.8 Å². The molecule has 1 aromatic carbocycles. The maximum Gasteiger partial charge on any atom is 0.233 e. The number of nitrogens with zero attached hydrogens (tertiary/aromatic N) is 2. The lowest BCUT2D eigenvalue weighted by Gasteiger charge is -2.26. The highest BCUT2D eigenvalue weighted by Gasteiger charge is 2.32. The summed E-state index contributed by atoms with van der Waals surface area (Å²) in [6.45, 7) is 2.57. The number of thioether (sulfide) groups is 1. The molecule has 7 nitrogen and oxygen atoms in total. The molecule has 0 radical (unpaired) electrons. The third-order valence-electron chi connectivity index (χ3n) is 4.90. The largest absolute Gasteiger partial charge is 0.497 e. The number of aromatic nitrogens is 1. The minimum absolute atomic E-state index is 0.0309. The van der Waals surface area contributed by atoms with Crippen molar-refractivity contribution >= 4 is 34.9 Å². The molecule has 1 aromatic heterocycles. The van der Waals surface area contributed by atoms with Crippen LogP contribution < -0.4 is 15.2 Å². The van der Waals surface area contributed by atoms with E-state index in [2.05, 4.69) is 4.98 Å². The highest BCUT2D eigenvalue weighted by molar-refractivity contribution is 8.01. The van der Waals surface area contributed by atoms with E-state index in [-0.39, 0.29) is 24.3 Å². The molecule has 1 atom stereocenters. The molecule has 3 rings (SSSR count). The summed E-state index contributed by atoms with van der Waals surface area (Å²) in [5.74, 6) is 1.49. The third kappa shape index (κ3) is 5.02. The first-order valence-corrected chi connectivity index (χ1v) is 11.1. The van der Waals surface area contributed by atoms with Crippen molar-refractivity contribution in [2.24, 2.45) is 5.73 Å². The van der Waals surface area contributed by atoms with Gasteiger partial charge in [0.25, 0.3) is 0 Å². The van der Waals surface area contributed by atoms with Crippen LogP contribution in [0, 0.1) is 6.92 Å². The summed E-state index contributed by atoms with van der Waals surface area (Å²) in [6.07, 6.45) is 2.02. The Morgan fingerprint density at radius 3 is 2.83 bits per heavy atom. The number of thiazole rings is 1. The number of hydrogen-bond acceptors (Lipinski definition) is 7. The highest BCUT2D eigenvalue weighted by atomic mass is 32.2. The van der Waals surface area contributed by atoms with Crippen LogP contribution in [0.4, 0.5) is 0 Å². The van der Waals surface area contributed by atoms with Crippen molar-refractivity contribution in [1.82, 2.24) is 9.88 Å². The van der Waals surface area contributed by atoms with Crippen molar-refractivity contribution in [2.45, 2.75) is 36.6 Å². The van der Waals surface area contributed by atoms with Crippen LogP contribution in [0.1, 0.15) is 35.0 Å². The van der Waals surface area contributed by atoms with E-state index in [4.69, 9.17) is 15.2 Å². The van der Waals surface area contributed by atoms with Gasteiger partial charge in [0.15, 0.2) is 4.34 Å². The third-order valence-corrected chi connectivity index (χ3v) is 7.18. The number of carbonyl (C=O) groups excluding carboxylic acids is 2. The SMILES string of the molecule is COc1ccc(OC)c([C@H]2CCCN2C(=O)CSc2nc(C)c(CC(N)=O)s2)c1. The van der Waals surface area contributed by atoms with Gasteiger partial charge >= 0.3 is 0 Å². The smallest absolute Gasteiger partial charge is 0.233 e. The molecule has 2 heterocycles. The number of methoxy groups -OCH3 is 2. The van der Waals surface area contributed by atoms with Crippen molar-refractivity contribution in [2.75, 3.05) is 26.5 Å². The van der Waals surface area contributed by atoms with E-state index >= 15 is 0 Å². The Morgan fingerprint density at radius 1 is 1.34 bits per heavy atom. The second-order valence-electron chi connectivity index (χ2n) is 6.77. The lowest BCUT2D eigenvalue weighted by molar-refractivity contribution is -0.129. The number of aryl methyl sites for hydroxylation is 1. The monoisotopic (exact) mass is 435 g/mol. The fourth-order valence-corrected chi connectivity index (χ4v) is 5.61. The van der Waals surface area contributed by atoms with Crippen LogP contribution in [-0.4, -0.2) is 48.2 Å². The van der Waals surface area contributed by atoms with Crippen molar-refractivity contribution in [3.05, 3.63) is 34.3 Å². The number of benzene rings is 1. The summed E-state index contributed by atoms with van der Waals surface area (Å²) >= 11 is 2.82. The molecule has 156 valence electrons. The average Bonchev–Trinajstić information content (AvgIpc) is 3.32. The molecule has 0 unspecified atom stereocenters. The fraction of sp³-hybridized carbons (Fsp3) is 0.450. The molecule has 0 aliphatic carbocycles. The first-order valence-electron chi connectivity index (χ1n) is 9.31. The summed E-state index contributed by atoms with van der Waals surface area (Å²) in [4.78, 5) is 31.3. The van der Waals surface area contributed by atoms with Crippen molar-refractivity contribution in [3.63, 3.8) is 0 Å².